The lowest BCUT2D eigenvalue weighted by Gasteiger charge is -2.21. The van der Waals surface area contributed by atoms with Gasteiger partial charge in [-0.1, -0.05) is 36.4 Å². The summed E-state index contributed by atoms with van der Waals surface area (Å²) in [6.45, 7) is 0.307. The third-order valence-corrected chi connectivity index (χ3v) is 7.28. The molecule has 2 aromatic heterocycles. The zero-order valence-electron chi connectivity index (χ0n) is 21.7. The maximum absolute atomic E-state index is 12.6. The van der Waals surface area contributed by atoms with E-state index in [1.165, 1.54) is 4.90 Å². The maximum atomic E-state index is 12.6. The van der Waals surface area contributed by atoms with Crippen molar-refractivity contribution in [1.29, 1.82) is 0 Å². The van der Waals surface area contributed by atoms with Crippen molar-refractivity contribution in [3.8, 4) is 22.8 Å². The lowest BCUT2D eigenvalue weighted by molar-refractivity contribution is 0.141. The van der Waals surface area contributed by atoms with Crippen LogP contribution in [0.4, 0.5) is 21.0 Å². The summed E-state index contributed by atoms with van der Waals surface area (Å²) in [4.78, 5) is 26.0. The van der Waals surface area contributed by atoms with Crippen molar-refractivity contribution in [2.75, 3.05) is 12.0 Å². The summed E-state index contributed by atoms with van der Waals surface area (Å²) >= 11 is 1.09. The first-order valence-corrected chi connectivity index (χ1v) is 13.2. The summed E-state index contributed by atoms with van der Waals surface area (Å²) < 4.78 is 21.2. The number of aromatic nitrogens is 3. The van der Waals surface area contributed by atoms with Crippen LogP contribution < -0.4 is 20.1 Å². The molecule has 3 N–H and O–H groups in total. The van der Waals surface area contributed by atoms with Crippen LogP contribution in [0.3, 0.4) is 0 Å². The summed E-state index contributed by atoms with van der Waals surface area (Å²) in [6.07, 6.45) is -1.45. The maximum Gasteiger partial charge on any atom is 0.512 e. The SMILES string of the molecule is COc1ccc(Cn2c(OC(=O)O)c(-c3ccc4nsnc4c3)c3cc(N(C(N)=O)c4ccccc4)ccc32)cc1. The Morgan fingerprint density at radius 3 is 2.39 bits per heavy atom. The highest BCUT2D eigenvalue weighted by Crippen LogP contribution is 2.43. The molecule has 0 aliphatic rings. The van der Waals surface area contributed by atoms with E-state index in [4.69, 9.17) is 15.2 Å². The van der Waals surface area contributed by atoms with Gasteiger partial charge in [0.25, 0.3) is 0 Å². The fraction of sp³-hybridized carbons (Fsp3) is 0.0667. The van der Waals surface area contributed by atoms with E-state index in [1.807, 2.05) is 72.8 Å². The lowest BCUT2D eigenvalue weighted by atomic mass is 10.0. The minimum atomic E-state index is -1.45. The number of benzene rings is 4. The molecule has 0 atom stereocenters. The van der Waals surface area contributed by atoms with E-state index in [2.05, 4.69) is 8.75 Å². The van der Waals surface area contributed by atoms with E-state index >= 15 is 0 Å². The molecule has 10 nitrogen and oxygen atoms in total. The summed E-state index contributed by atoms with van der Waals surface area (Å²) in [5.74, 6) is 0.837. The van der Waals surface area contributed by atoms with Gasteiger partial charge in [-0.05, 0) is 65.7 Å². The minimum Gasteiger partial charge on any atom is -0.497 e. The standard InChI is InChI=1S/C30H23N5O5S/c1-39-22-11-7-18(8-12-22)17-34-26-14-10-21(35(29(31)36)20-5-3-2-4-6-20)16-23(26)27(28(34)40-30(37)38)19-9-13-24-25(15-19)33-41-32-24/h2-16H,17H2,1H3,(H2,31,36)(H,37,38). The van der Waals surface area contributed by atoms with Crippen molar-refractivity contribution in [3.63, 3.8) is 0 Å². The fourth-order valence-corrected chi connectivity index (χ4v) is 5.43. The van der Waals surface area contributed by atoms with Crippen molar-refractivity contribution in [2.24, 2.45) is 5.73 Å². The van der Waals surface area contributed by atoms with Gasteiger partial charge in [-0.25, -0.2) is 9.59 Å². The monoisotopic (exact) mass is 565 g/mol. The van der Waals surface area contributed by atoms with Gasteiger partial charge in [0.2, 0.25) is 5.88 Å². The zero-order valence-corrected chi connectivity index (χ0v) is 22.5. The second-order valence-electron chi connectivity index (χ2n) is 9.16. The van der Waals surface area contributed by atoms with E-state index < -0.39 is 12.2 Å². The molecule has 0 radical (unpaired) electrons. The number of ether oxygens (including phenoxy) is 2. The topological polar surface area (TPSA) is 133 Å². The van der Waals surface area contributed by atoms with E-state index in [0.29, 0.717) is 51.2 Å². The van der Waals surface area contributed by atoms with Crippen molar-refractivity contribution in [2.45, 2.75) is 6.54 Å². The quantitative estimate of drug-likeness (QED) is 0.207. The van der Waals surface area contributed by atoms with Gasteiger partial charge in [-0.2, -0.15) is 8.75 Å². The molecule has 2 amide bonds. The van der Waals surface area contributed by atoms with E-state index in [9.17, 15) is 14.7 Å². The number of nitrogens with two attached hydrogens (primary N) is 1. The third-order valence-electron chi connectivity index (χ3n) is 6.72. The molecule has 204 valence electrons. The molecule has 0 saturated heterocycles. The van der Waals surface area contributed by atoms with Crippen LogP contribution in [-0.2, 0) is 6.54 Å². The average Bonchev–Trinajstić information content (AvgIpc) is 3.55. The molecule has 0 spiro atoms. The number of fused-ring (bicyclic) bond motifs is 2. The number of para-hydroxylation sites is 1. The Morgan fingerprint density at radius 1 is 0.927 bits per heavy atom. The third kappa shape index (κ3) is 4.90. The molecule has 0 aliphatic carbocycles. The lowest BCUT2D eigenvalue weighted by Crippen LogP contribution is -2.31. The van der Waals surface area contributed by atoms with Gasteiger partial charge in [-0.3, -0.25) is 4.90 Å². The van der Waals surface area contributed by atoms with Gasteiger partial charge in [0, 0.05) is 5.39 Å². The second-order valence-corrected chi connectivity index (χ2v) is 9.69. The molecule has 0 aliphatic heterocycles. The van der Waals surface area contributed by atoms with Crippen LogP contribution in [0.5, 0.6) is 11.6 Å². The van der Waals surface area contributed by atoms with Crippen molar-refractivity contribution in [1.82, 2.24) is 13.3 Å². The second kappa shape index (κ2) is 10.6. The molecular weight excluding hydrogens is 542 g/mol. The number of carboxylic acid groups (broad SMARTS) is 1. The van der Waals surface area contributed by atoms with Crippen LogP contribution in [-0.4, -0.2) is 37.7 Å². The smallest absolute Gasteiger partial charge is 0.497 e. The molecular formula is C30H23N5O5S. The van der Waals surface area contributed by atoms with Crippen LogP contribution >= 0.6 is 11.7 Å². The molecule has 0 saturated carbocycles. The van der Waals surface area contributed by atoms with E-state index in [1.54, 1.807) is 29.9 Å². The highest BCUT2D eigenvalue weighted by Gasteiger charge is 2.25. The number of primary amides is 1. The van der Waals surface area contributed by atoms with Gasteiger partial charge in [0.1, 0.15) is 16.8 Å². The number of urea groups is 1. The Hall–Kier alpha value is -5.42. The highest BCUT2D eigenvalue weighted by molar-refractivity contribution is 7.00. The summed E-state index contributed by atoms with van der Waals surface area (Å²) in [5, 5.41) is 10.4. The number of carbonyl (C=O) groups is 2. The fourth-order valence-electron chi connectivity index (χ4n) is 4.91. The predicted octanol–water partition coefficient (Wildman–Crippen LogP) is 6.64. The van der Waals surface area contributed by atoms with Gasteiger partial charge in [-0.15, -0.1) is 0 Å². The summed E-state index contributed by atoms with van der Waals surface area (Å²) in [5.41, 5.74) is 11.1. The molecule has 6 aromatic rings. The molecule has 41 heavy (non-hydrogen) atoms. The Morgan fingerprint density at radius 2 is 1.68 bits per heavy atom. The highest BCUT2D eigenvalue weighted by atomic mass is 32.1. The van der Waals surface area contributed by atoms with Crippen LogP contribution in [0.1, 0.15) is 5.56 Å². The number of rotatable bonds is 7. The molecule has 4 aromatic carbocycles. The first-order valence-electron chi connectivity index (χ1n) is 12.5. The molecule has 0 fully saturated rings. The zero-order chi connectivity index (χ0) is 28.5. The Labute approximate surface area is 238 Å². The van der Waals surface area contributed by atoms with Crippen LogP contribution in [0.2, 0.25) is 0 Å². The van der Waals surface area contributed by atoms with Gasteiger partial charge < -0.3 is 24.9 Å². The number of methoxy groups -OCH3 is 1. The number of carbonyl (C=O) groups excluding carboxylic acids is 1. The van der Waals surface area contributed by atoms with Gasteiger partial charge >= 0.3 is 12.2 Å². The molecule has 6 rings (SSSR count). The number of amides is 2. The normalized spacial score (nSPS) is 11.0. The number of anilines is 2. The van der Waals surface area contributed by atoms with E-state index in [0.717, 1.165) is 22.8 Å². The Bertz CT molecular complexity index is 1900. The summed E-state index contributed by atoms with van der Waals surface area (Å²) in [7, 11) is 1.59. The predicted molar refractivity (Wildman–Crippen MR) is 157 cm³/mol. The minimum absolute atomic E-state index is 0.133. The van der Waals surface area contributed by atoms with Gasteiger partial charge in [0.15, 0.2) is 0 Å². The van der Waals surface area contributed by atoms with Gasteiger partial charge in [0.05, 0.1) is 47.8 Å². The van der Waals surface area contributed by atoms with E-state index in [-0.39, 0.29) is 5.88 Å². The molecule has 0 unspecified atom stereocenters. The largest absolute Gasteiger partial charge is 0.512 e. The van der Waals surface area contributed by atoms with Crippen molar-refractivity contribution >= 4 is 57.2 Å². The van der Waals surface area contributed by atoms with Crippen LogP contribution in [0.25, 0.3) is 33.1 Å². The number of hydrogen-bond acceptors (Lipinski definition) is 7. The average molecular weight is 566 g/mol. The summed E-state index contributed by atoms with van der Waals surface area (Å²) in [6, 6.07) is 26.8. The number of nitrogens with zero attached hydrogens (tertiary/aromatic N) is 4. The number of hydrogen-bond donors (Lipinski definition) is 2. The van der Waals surface area contributed by atoms with Crippen LogP contribution in [0.15, 0.2) is 91.0 Å². The first-order chi connectivity index (χ1) is 19.9. The van der Waals surface area contributed by atoms with Crippen LogP contribution in [0, 0.1) is 0 Å². The Balaban J connectivity index is 1.61. The molecule has 2 heterocycles. The first kappa shape index (κ1) is 25.8. The Kier molecular flexibility index (Phi) is 6.70. The molecule has 0 bridgehead atoms. The molecule has 11 heteroatoms. The van der Waals surface area contributed by atoms with Crippen molar-refractivity contribution < 1.29 is 24.2 Å². The van der Waals surface area contributed by atoms with Crippen molar-refractivity contribution in [3.05, 3.63) is 96.6 Å².